The maximum atomic E-state index is 13.7. The molecule has 1 saturated heterocycles. The number of carbonyl (C=O) groups excluding carboxylic acids is 2. The van der Waals surface area contributed by atoms with Crippen molar-refractivity contribution in [3.63, 3.8) is 0 Å². The molecule has 3 aromatic rings. The number of rotatable bonds is 13. The Bertz CT molecular complexity index is 1730. The van der Waals surface area contributed by atoms with Gasteiger partial charge in [0.2, 0.25) is 5.91 Å². The molecule has 8 nitrogen and oxygen atoms in total. The molecule has 2 fully saturated rings. The van der Waals surface area contributed by atoms with Gasteiger partial charge in [0.1, 0.15) is 6.04 Å². The molecule has 2 aliphatic carbocycles. The van der Waals surface area contributed by atoms with Crippen molar-refractivity contribution in [3.8, 4) is 11.4 Å². The van der Waals surface area contributed by atoms with E-state index in [0.29, 0.717) is 23.7 Å². The molecule has 2 N–H and O–H groups in total. The lowest BCUT2D eigenvalue weighted by molar-refractivity contribution is -0.141. The van der Waals surface area contributed by atoms with Gasteiger partial charge in [-0.2, -0.15) is 0 Å². The number of carboxylic acids is 1. The van der Waals surface area contributed by atoms with E-state index in [1.807, 2.05) is 42.7 Å². The van der Waals surface area contributed by atoms with Crippen molar-refractivity contribution >= 4 is 34.7 Å². The summed E-state index contributed by atoms with van der Waals surface area (Å²) in [5.74, 6) is 1.26. The van der Waals surface area contributed by atoms with Crippen molar-refractivity contribution in [2.45, 2.75) is 123 Å². The third-order valence-corrected chi connectivity index (χ3v) is 13.4. The van der Waals surface area contributed by atoms with Crippen molar-refractivity contribution in [2.75, 3.05) is 13.1 Å². The van der Waals surface area contributed by atoms with Gasteiger partial charge in [0.05, 0.1) is 10.8 Å². The van der Waals surface area contributed by atoms with E-state index in [1.54, 1.807) is 11.0 Å². The zero-order chi connectivity index (χ0) is 37.5. The Labute approximate surface area is 319 Å². The molecule has 3 unspecified atom stereocenters. The van der Waals surface area contributed by atoms with Gasteiger partial charge < -0.3 is 15.3 Å². The number of benzene rings is 1. The molecule has 1 aliphatic heterocycles. The molecule has 53 heavy (non-hydrogen) atoms. The fraction of sp³-hybridized carbons (Fsp3) is 0.568. The topological polar surface area (TPSA) is 112 Å². The van der Waals surface area contributed by atoms with Gasteiger partial charge in [-0.1, -0.05) is 96.6 Å². The zero-order valence-corrected chi connectivity index (χ0v) is 32.9. The lowest BCUT2D eigenvalue weighted by Crippen LogP contribution is -2.49. The normalized spacial score (nSPS) is 22.6. The lowest BCUT2D eigenvalue weighted by Gasteiger charge is -2.35. The first-order valence-corrected chi connectivity index (χ1v) is 20.8. The second-order valence-electron chi connectivity index (χ2n) is 16.8. The van der Waals surface area contributed by atoms with E-state index in [9.17, 15) is 19.5 Å². The molecule has 284 valence electrons. The summed E-state index contributed by atoms with van der Waals surface area (Å²) in [6, 6.07) is 10.8. The number of unbranched alkanes of at least 4 members (excludes halogenated alkanes) is 2. The Hall–Kier alpha value is -3.85. The van der Waals surface area contributed by atoms with Crippen LogP contribution in [-0.4, -0.2) is 56.9 Å². The molecule has 2 aromatic heterocycles. The fourth-order valence-electron chi connectivity index (χ4n) is 8.52. The molecule has 1 saturated carbocycles. The van der Waals surface area contributed by atoms with Gasteiger partial charge in [-0.25, -0.2) is 9.97 Å². The second-order valence-corrected chi connectivity index (χ2v) is 17.9. The number of hydrogen-bond acceptors (Lipinski definition) is 6. The van der Waals surface area contributed by atoms with Crippen LogP contribution in [0.1, 0.15) is 130 Å². The molecule has 9 heteroatoms. The molecule has 0 spiro atoms. The predicted octanol–water partition coefficient (Wildman–Crippen LogP) is 9.35. The molecule has 0 radical (unpaired) electrons. The van der Waals surface area contributed by atoms with Gasteiger partial charge in [0, 0.05) is 47.9 Å². The Morgan fingerprint density at radius 3 is 2.26 bits per heavy atom. The first-order valence-electron chi connectivity index (χ1n) is 20.0. The summed E-state index contributed by atoms with van der Waals surface area (Å²) in [6.45, 7) is 9.11. The molecule has 3 aliphatic rings. The third-order valence-electron chi connectivity index (χ3n) is 11.9. The van der Waals surface area contributed by atoms with Crippen LogP contribution in [0.25, 0.3) is 17.0 Å². The fourth-order valence-corrected chi connectivity index (χ4v) is 9.49. The van der Waals surface area contributed by atoms with Gasteiger partial charge in [-0.3, -0.25) is 14.4 Å². The van der Waals surface area contributed by atoms with E-state index in [2.05, 4.69) is 39.1 Å². The highest BCUT2D eigenvalue weighted by Crippen LogP contribution is 2.42. The van der Waals surface area contributed by atoms with E-state index in [0.717, 1.165) is 52.2 Å². The van der Waals surface area contributed by atoms with Crippen molar-refractivity contribution in [1.29, 1.82) is 0 Å². The molecule has 0 bridgehead atoms. The van der Waals surface area contributed by atoms with E-state index in [-0.39, 0.29) is 30.2 Å². The first kappa shape index (κ1) is 38.9. The van der Waals surface area contributed by atoms with Crippen molar-refractivity contribution < 1.29 is 19.5 Å². The van der Waals surface area contributed by atoms with E-state index in [1.165, 1.54) is 74.7 Å². The summed E-state index contributed by atoms with van der Waals surface area (Å²) in [4.78, 5) is 51.5. The van der Waals surface area contributed by atoms with Crippen LogP contribution in [0.4, 0.5) is 0 Å². The number of carboxylic acid groups (broad SMARTS) is 1. The average Bonchev–Trinajstić information content (AvgIpc) is 3.87. The summed E-state index contributed by atoms with van der Waals surface area (Å²) in [5.41, 5.74) is 4.14. The Kier molecular flexibility index (Phi) is 12.9. The van der Waals surface area contributed by atoms with Crippen LogP contribution < -0.4 is 5.32 Å². The minimum absolute atomic E-state index is 0.0888. The van der Waals surface area contributed by atoms with E-state index >= 15 is 0 Å². The molecular weight excluding hydrogens is 681 g/mol. The lowest BCUT2D eigenvalue weighted by atomic mass is 9.70. The number of hydrogen-bond donors (Lipinski definition) is 2. The number of allylic oxidation sites excluding steroid dienone is 2. The summed E-state index contributed by atoms with van der Waals surface area (Å²) in [6.07, 6.45) is 21.8. The zero-order valence-electron chi connectivity index (χ0n) is 32.1. The van der Waals surface area contributed by atoms with Crippen molar-refractivity contribution in [1.82, 2.24) is 20.2 Å². The minimum Gasteiger partial charge on any atom is -0.481 e. The van der Waals surface area contributed by atoms with Crippen LogP contribution >= 0.6 is 11.3 Å². The van der Waals surface area contributed by atoms with E-state index in [4.69, 9.17) is 9.97 Å². The molecule has 2 amide bonds. The SMILES string of the molecule is CCCCCC1CCC(C2CC=C(c3cnc(-c4ccc(CC(NC(=O)c5ccc(C(C)(C)C)s5)C(=O)N5CCC(C(=O)O)C5)cc4)nc3)CC2)CC1. The maximum absolute atomic E-state index is 13.7. The molecule has 3 atom stereocenters. The average molecular weight is 739 g/mol. The Morgan fingerprint density at radius 1 is 0.925 bits per heavy atom. The monoisotopic (exact) mass is 738 g/mol. The van der Waals surface area contributed by atoms with Crippen molar-refractivity contribution in [2.24, 2.45) is 23.7 Å². The molecule has 6 rings (SSSR count). The number of nitrogens with one attached hydrogen (secondary N) is 1. The van der Waals surface area contributed by atoms with Crippen LogP contribution in [0.15, 0.2) is 54.9 Å². The smallest absolute Gasteiger partial charge is 0.308 e. The summed E-state index contributed by atoms with van der Waals surface area (Å²) < 4.78 is 0. The quantitative estimate of drug-likeness (QED) is 0.169. The summed E-state index contributed by atoms with van der Waals surface area (Å²) in [5, 5.41) is 12.5. The van der Waals surface area contributed by atoms with Crippen LogP contribution in [0, 0.1) is 23.7 Å². The van der Waals surface area contributed by atoms with Crippen LogP contribution in [0.3, 0.4) is 0 Å². The van der Waals surface area contributed by atoms with Crippen LogP contribution in [0.5, 0.6) is 0 Å². The van der Waals surface area contributed by atoms with Gasteiger partial charge >= 0.3 is 5.97 Å². The highest BCUT2D eigenvalue weighted by Gasteiger charge is 2.35. The van der Waals surface area contributed by atoms with Crippen LogP contribution in [-0.2, 0) is 21.4 Å². The number of aromatic nitrogens is 2. The van der Waals surface area contributed by atoms with Crippen LogP contribution in [0.2, 0.25) is 0 Å². The molecule has 3 heterocycles. The number of likely N-dealkylation sites (tertiary alicyclic amines) is 1. The number of amides is 2. The van der Waals surface area contributed by atoms with Gasteiger partial charge in [-0.15, -0.1) is 11.3 Å². The first-order chi connectivity index (χ1) is 25.5. The second kappa shape index (κ2) is 17.5. The number of nitrogens with zero attached hydrogens (tertiary/aromatic N) is 3. The largest absolute Gasteiger partial charge is 0.481 e. The molecule has 1 aromatic carbocycles. The number of aliphatic carboxylic acids is 1. The Balaban J connectivity index is 1.07. The number of thiophene rings is 1. The third kappa shape index (κ3) is 10.0. The van der Waals surface area contributed by atoms with Gasteiger partial charge in [-0.05, 0) is 85.0 Å². The standard InChI is InChI=1S/C44H58N4O4S/c1-5-6-7-8-29-9-13-31(14-10-29)32-17-19-33(20-18-32)36-26-45-40(46-27-36)34-15-11-30(12-16-34)25-37(42(50)48-24-23-35(28-48)43(51)52)47-41(49)38-21-22-39(53-38)44(2,3)4/h11-12,15-16,19,21-22,26-27,29,31-32,35,37H,5-10,13-14,17-18,20,23-25,28H2,1-4H3,(H,47,49)(H,51,52). The van der Waals surface area contributed by atoms with Crippen molar-refractivity contribution in [3.05, 3.63) is 75.7 Å². The maximum Gasteiger partial charge on any atom is 0.308 e. The summed E-state index contributed by atoms with van der Waals surface area (Å²) in [7, 11) is 0. The number of carbonyl (C=O) groups is 3. The van der Waals surface area contributed by atoms with Gasteiger partial charge in [0.15, 0.2) is 5.82 Å². The minimum atomic E-state index is -0.898. The highest BCUT2D eigenvalue weighted by molar-refractivity contribution is 7.14. The predicted molar refractivity (Wildman–Crippen MR) is 213 cm³/mol. The molecular formula is C44H58N4O4S. The van der Waals surface area contributed by atoms with E-state index < -0.39 is 17.9 Å². The Morgan fingerprint density at radius 2 is 1.66 bits per heavy atom. The highest BCUT2D eigenvalue weighted by atomic mass is 32.1. The summed E-state index contributed by atoms with van der Waals surface area (Å²) >= 11 is 1.43. The van der Waals surface area contributed by atoms with Gasteiger partial charge in [0.25, 0.3) is 5.91 Å².